The van der Waals surface area contributed by atoms with Gasteiger partial charge in [-0.25, -0.2) is 4.79 Å². The van der Waals surface area contributed by atoms with E-state index >= 15 is 0 Å². The van der Waals surface area contributed by atoms with Crippen LogP contribution in [0.4, 0.5) is 5.69 Å². The highest BCUT2D eigenvalue weighted by Gasteiger charge is 2.12. The van der Waals surface area contributed by atoms with Gasteiger partial charge < -0.3 is 14.8 Å². The fraction of sp³-hybridized carbons (Fsp3) is 0.214. The Kier molecular flexibility index (Phi) is 3.67. The molecule has 0 amide bonds. The maximum Gasteiger partial charge on any atom is 0.339 e. The molecule has 2 rings (SSSR count). The van der Waals surface area contributed by atoms with Crippen molar-refractivity contribution in [3.63, 3.8) is 0 Å². The van der Waals surface area contributed by atoms with Gasteiger partial charge >= 0.3 is 5.97 Å². The number of furan rings is 1. The third-order valence-electron chi connectivity index (χ3n) is 2.76. The summed E-state index contributed by atoms with van der Waals surface area (Å²) in [6.45, 7) is 2.45. The Labute approximate surface area is 105 Å². The molecule has 4 nitrogen and oxygen atoms in total. The Morgan fingerprint density at radius 3 is 2.94 bits per heavy atom. The molecule has 0 atom stereocenters. The zero-order chi connectivity index (χ0) is 13.0. The zero-order valence-electron chi connectivity index (χ0n) is 10.1. The summed E-state index contributed by atoms with van der Waals surface area (Å²) in [5.41, 5.74) is 2.40. The van der Waals surface area contributed by atoms with Crippen LogP contribution in [0.2, 0.25) is 0 Å². The molecule has 1 aromatic carbocycles. The molecular weight excluding hydrogens is 230 g/mol. The first kappa shape index (κ1) is 12.2. The molecule has 0 unspecified atom stereocenters. The molecule has 0 spiro atoms. The van der Waals surface area contributed by atoms with Crippen molar-refractivity contribution >= 4 is 11.7 Å². The lowest BCUT2D eigenvalue weighted by Crippen LogP contribution is -2.04. The van der Waals surface area contributed by atoms with E-state index in [0.717, 1.165) is 12.1 Å². The molecular formula is C14H15NO3. The minimum Gasteiger partial charge on any atom is -0.478 e. The summed E-state index contributed by atoms with van der Waals surface area (Å²) in [5, 5.41) is 12.1. The van der Waals surface area contributed by atoms with Crippen LogP contribution in [0.5, 0.6) is 0 Å². The Bertz CT molecular complexity index is 545. The van der Waals surface area contributed by atoms with Crippen molar-refractivity contribution in [1.82, 2.24) is 0 Å². The molecule has 0 saturated heterocycles. The minimum atomic E-state index is -0.970. The lowest BCUT2D eigenvalue weighted by Gasteiger charge is -2.06. The second-order valence-corrected chi connectivity index (χ2v) is 3.97. The van der Waals surface area contributed by atoms with Crippen molar-refractivity contribution in [3.8, 4) is 0 Å². The molecule has 0 fully saturated rings. The van der Waals surface area contributed by atoms with Crippen molar-refractivity contribution in [1.29, 1.82) is 0 Å². The summed E-state index contributed by atoms with van der Waals surface area (Å²) in [4.78, 5) is 10.9. The third kappa shape index (κ3) is 2.71. The van der Waals surface area contributed by atoms with Crippen LogP contribution in [0.1, 0.15) is 28.6 Å². The Balaban J connectivity index is 2.06. The predicted molar refractivity (Wildman–Crippen MR) is 68.8 cm³/mol. The third-order valence-corrected chi connectivity index (χ3v) is 2.76. The van der Waals surface area contributed by atoms with E-state index in [4.69, 9.17) is 9.52 Å². The van der Waals surface area contributed by atoms with Gasteiger partial charge in [0.15, 0.2) is 0 Å². The van der Waals surface area contributed by atoms with Crippen LogP contribution in [0, 0.1) is 0 Å². The van der Waals surface area contributed by atoms with Crippen molar-refractivity contribution in [2.24, 2.45) is 0 Å². The molecule has 0 radical (unpaired) electrons. The van der Waals surface area contributed by atoms with E-state index in [9.17, 15) is 4.79 Å². The first-order valence-electron chi connectivity index (χ1n) is 5.83. The average Bonchev–Trinajstić information content (AvgIpc) is 2.85. The summed E-state index contributed by atoms with van der Waals surface area (Å²) in [5.74, 6) is -0.535. The van der Waals surface area contributed by atoms with Crippen molar-refractivity contribution in [3.05, 3.63) is 53.5 Å². The van der Waals surface area contributed by atoms with E-state index in [0.29, 0.717) is 12.3 Å². The number of hydrogen-bond acceptors (Lipinski definition) is 3. The number of benzene rings is 1. The number of carboxylic acids is 1. The number of rotatable bonds is 5. The van der Waals surface area contributed by atoms with Crippen LogP contribution >= 0.6 is 0 Å². The highest BCUT2D eigenvalue weighted by molar-refractivity contribution is 5.88. The topological polar surface area (TPSA) is 62.5 Å². The summed E-state index contributed by atoms with van der Waals surface area (Å²) in [7, 11) is 0. The van der Waals surface area contributed by atoms with Gasteiger partial charge in [-0.15, -0.1) is 0 Å². The smallest absolute Gasteiger partial charge is 0.339 e. The van der Waals surface area contributed by atoms with Crippen LogP contribution in [-0.2, 0) is 13.0 Å². The normalized spacial score (nSPS) is 10.3. The van der Waals surface area contributed by atoms with Gasteiger partial charge in [0.05, 0.1) is 12.8 Å². The Morgan fingerprint density at radius 1 is 1.39 bits per heavy atom. The Morgan fingerprint density at radius 2 is 2.22 bits per heavy atom. The molecule has 0 saturated carbocycles. The number of carbonyl (C=O) groups is 1. The summed E-state index contributed by atoms with van der Waals surface area (Å²) in [6.07, 6.45) is 2.36. The van der Waals surface area contributed by atoms with E-state index in [1.54, 1.807) is 0 Å². The number of aryl methyl sites for hydroxylation is 1. The molecule has 1 heterocycles. The molecule has 0 aliphatic carbocycles. The number of hydrogen-bond donors (Lipinski definition) is 2. The first-order chi connectivity index (χ1) is 8.70. The summed E-state index contributed by atoms with van der Waals surface area (Å²) in [6, 6.07) is 9.48. The van der Waals surface area contributed by atoms with Crippen molar-refractivity contribution < 1.29 is 14.3 Å². The molecule has 1 aromatic heterocycles. The maximum atomic E-state index is 10.9. The van der Waals surface area contributed by atoms with Gasteiger partial charge in [0.25, 0.3) is 0 Å². The number of anilines is 1. The number of aromatic carboxylic acids is 1. The van der Waals surface area contributed by atoms with Crippen molar-refractivity contribution in [2.45, 2.75) is 19.9 Å². The monoisotopic (exact) mass is 245 g/mol. The number of nitrogens with one attached hydrogen (secondary N) is 1. The van der Waals surface area contributed by atoms with Crippen LogP contribution in [0.3, 0.4) is 0 Å². The lowest BCUT2D eigenvalue weighted by molar-refractivity contribution is 0.0694. The van der Waals surface area contributed by atoms with Gasteiger partial charge in [-0.05, 0) is 30.2 Å². The highest BCUT2D eigenvalue weighted by Crippen LogP contribution is 2.15. The van der Waals surface area contributed by atoms with E-state index < -0.39 is 5.97 Å². The zero-order valence-corrected chi connectivity index (χ0v) is 10.1. The van der Waals surface area contributed by atoms with E-state index in [1.165, 1.54) is 17.9 Å². The van der Waals surface area contributed by atoms with Gasteiger partial charge in [-0.2, -0.15) is 0 Å². The summed E-state index contributed by atoms with van der Waals surface area (Å²) >= 11 is 0. The average molecular weight is 245 g/mol. The van der Waals surface area contributed by atoms with Crippen LogP contribution in [0.15, 0.2) is 41.0 Å². The quantitative estimate of drug-likeness (QED) is 0.849. The lowest BCUT2D eigenvalue weighted by atomic mass is 10.1. The van der Waals surface area contributed by atoms with E-state index in [-0.39, 0.29) is 5.56 Å². The van der Waals surface area contributed by atoms with Gasteiger partial charge in [0.2, 0.25) is 0 Å². The van der Waals surface area contributed by atoms with Crippen LogP contribution in [0.25, 0.3) is 0 Å². The van der Waals surface area contributed by atoms with Gasteiger partial charge in [0.1, 0.15) is 11.3 Å². The fourth-order valence-corrected chi connectivity index (χ4v) is 1.75. The standard InChI is InChI=1S/C14H15NO3/c1-2-10-4-3-5-11(8-10)15-9-13-12(14(16)17)6-7-18-13/h3-8,15H,2,9H2,1H3,(H,16,17). The molecule has 0 bridgehead atoms. The molecule has 0 aliphatic rings. The second-order valence-electron chi connectivity index (χ2n) is 3.97. The van der Waals surface area contributed by atoms with E-state index in [1.807, 2.05) is 18.2 Å². The van der Waals surface area contributed by atoms with Crippen LogP contribution < -0.4 is 5.32 Å². The molecule has 0 aliphatic heterocycles. The second kappa shape index (κ2) is 5.40. The Hall–Kier alpha value is -2.23. The van der Waals surface area contributed by atoms with Gasteiger partial charge in [0, 0.05) is 5.69 Å². The molecule has 4 heteroatoms. The predicted octanol–water partition coefficient (Wildman–Crippen LogP) is 3.15. The fourth-order valence-electron chi connectivity index (χ4n) is 1.75. The van der Waals surface area contributed by atoms with Crippen molar-refractivity contribution in [2.75, 3.05) is 5.32 Å². The molecule has 94 valence electrons. The minimum absolute atomic E-state index is 0.203. The van der Waals surface area contributed by atoms with E-state index in [2.05, 4.69) is 18.3 Å². The maximum absolute atomic E-state index is 10.9. The first-order valence-corrected chi connectivity index (χ1v) is 5.83. The number of carboxylic acid groups (broad SMARTS) is 1. The van der Waals surface area contributed by atoms with Gasteiger partial charge in [-0.3, -0.25) is 0 Å². The largest absolute Gasteiger partial charge is 0.478 e. The molecule has 2 aromatic rings. The highest BCUT2D eigenvalue weighted by atomic mass is 16.4. The van der Waals surface area contributed by atoms with Gasteiger partial charge in [-0.1, -0.05) is 19.1 Å². The SMILES string of the molecule is CCc1cccc(NCc2occc2C(=O)O)c1. The summed E-state index contributed by atoms with van der Waals surface area (Å²) < 4.78 is 5.16. The molecule has 18 heavy (non-hydrogen) atoms. The van der Waals surface area contributed by atoms with Crippen LogP contribution in [-0.4, -0.2) is 11.1 Å². The molecule has 2 N–H and O–H groups in total.